The molecule has 12 heteroatoms. The van der Waals surface area contributed by atoms with E-state index >= 15 is 0 Å². The van der Waals surface area contributed by atoms with E-state index < -0.39 is 32.2 Å². The Bertz CT molecular complexity index is 1350. The van der Waals surface area contributed by atoms with E-state index in [1.165, 1.54) is 17.3 Å². The summed E-state index contributed by atoms with van der Waals surface area (Å²) in [6.07, 6.45) is 3.02. The molecule has 1 aromatic heterocycles. The normalized spacial score (nSPS) is 14.5. The number of halogens is 3. The molecule has 1 fully saturated rings. The molecule has 1 aliphatic rings. The Morgan fingerprint density at radius 2 is 1.66 bits per heavy atom. The lowest BCUT2D eigenvalue weighted by Gasteiger charge is -2.19. The van der Waals surface area contributed by atoms with E-state index in [2.05, 4.69) is 4.98 Å². The smallest absolute Gasteiger partial charge is 0.487 e. The molecule has 0 spiro atoms. The maximum Gasteiger partial charge on any atom is 0.501 e. The maximum absolute atomic E-state index is 12.9. The standard InChI is InChI=1S/C23H18F3N3O5S/c24-23(25,26)35(32,33)19-8-6-18(7-9-19)29-21(30)14-28(22(29)31)13-17-10-11-27-12-20(17)34-15-16-4-2-1-3-5-16/h1-12H,13-15H2. The van der Waals surface area contributed by atoms with Gasteiger partial charge in [-0.1, -0.05) is 30.3 Å². The summed E-state index contributed by atoms with van der Waals surface area (Å²) in [6, 6.07) is 13.7. The molecule has 3 amide bonds. The summed E-state index contributed by atoms with van der Waals surface area (Å²) in [4.78, 5) is 30.6. The van der Waals surface area contributed by atoms with Gasteiger partial charge in [-0.05, 0) is 35.9 Å². The molecule has 0 bridgehead atoms. The molecule has 182 valence electrons. The van der Waals surface area contributed by atoms with Gasteiger partial charge in [0.15, 0.2) is 0 Å². The lowest BCUT2D eigenvalue weighted by molar-refractivity contribution is -0.116. The molecule has 1 aliphatic heterocycles. The molecule has 0 saturated carbocycles. The first-order chi connectivity index (χ1) is 16.6. The van der Waals surface area contributed by atoms with Gasteiger partial charge in [-0.3, -0.25) is 9.78 Å². The Labute approximate surface area is 198 Å². The monoisotopic (exact) mass is 505 g/mol. The number of sulfone groups is 1. The van der Waals surface area contributed by atoms with Crippen molar-refractivity contribution in [1.82, 2.24) is 9.88 Å². The van der Waals surface area contributed by atoms with Crippen molar-refractivity contribution >= 4 is 27.5 Å². The quantitative estimate of drug-likeness (QED) is 0.452. The summed E-state index contributed by atoms with van der Waals surface area (Å²) < 4.78 is 67.2. The van der Waals surface area contributed by atoms with E-state index in [4.69, 9.17) is 4.74 Å². The molecule has 35 heavy (non-hydrogen) atoms. The molecule has 0 unspecified atom stereocenters. The fourth-order valence-corrected chi connectivity index (χ4v) is 4.21. The summed E-state index contributed by atoms with van der Waals surface area (Å²) in [5.74, 6) is -0.181. The second kappa shape index (κ2) is 9.37. The van der Waals surface area contributed by atoms with Gasteiger partial charge in [0.05, 0.1) is 23.3 Å². The van der Waals surface area contributed by atoms with Crippen molar-refractivity contribution < 1.29 is 35.9 Å². The molecule has 0 N–H and O–H groups in total. The van der Waals surface area contributed by atoms with Crippen molar-refractivity contribution in [3.63, 3.8) is 0 Å². The number of urea groups is 1. The number of imide groups is 1. The van der Waals surface area contributed by atoms with Crippen molar-refractivity contribution in [3.05, 3.63) is 84.2 Å². The van der Waals surface area contributed by atoms with Gasteiger partial charge in [0.1, 0.15) is 18.9 Å². The molecule has 8 nitrogen and oxygen atoms in total. The first-order valence-electron chi connectivity index (χ1n) is 10.2. The summed E-state index contributed by atoms with van der Waals surface area (Å²) in [5, 5.41) is 0. The van der Waals surface area contributed by atoms with Crippen molar-refractivity contribution in [1.29, 1.82) is 0 Å². The van der Waals surface area contributed by atoms with E-state index in [0.29, 0.717) is 23.4 Å². The van der Waals surface area contributed by atoms with Crippen LogP contribution in [0.4, 0.5) is 23.7 Å². The third kappa shape index (κ3) is 4.97. The average Bonchev–Trinajstić information content (AvgIpc) is 3.11. The Kier molecular flexibility index (Phi) is 6.48. The number of nitrogens with zero attached hydrogens (tertiary/aromatic N) is 3. The minimum atomic E-state index is -5.54. The summed E-state index contributed by atoms with van der Waals surface area (Å²) in [5.41, 5.74) is -3.98. The van der Waals surface area contributed by atoms with Gasteiger partial charge in [0.25, 0.3) is 15.7 Å². The molecule has 0 aliphatic carbocycles. The molecule has 2 aromatic carbocycles. The Balaban J connectivity index is 1.49. The summed E-state index contributed by atoms with van der Waals surface area (Å²) >= 11 is 0. The number of aromatic nitrogens is 1. The number of carbonyl (C=O) groups excluding carboxylic acids is 2. The predicted molar refractivity (Wildman–Crippen MR) is 118 cm³/mol. The summed E-state index contributed by atoms with van der Waals surface area (Å²) in [6.45, 7) is 0.0157. The number of benzene rings is 2. The number of rotatable bonds is 7. The largest absolute Gasteiger partial charge is 0.501 e. The number of hydrogen-bond acceptors (Lipinski definition) is 6. The number of pyridine rings is 1. The number of ether oxygens (including phenoxy) is 1. The van der Waals surface area contributed by atoms with Crippen LogP contribution in [-0.2, 0) is 27.8 Å². The van der Waals surface area contributed by atoms with Crippen LogP contribution in [0.1, 0.15) is 11.1 Å². The average molecular weight is 505 g/mol. The molecular weight excluding hydrogens is 487 g/mol. The van der Waals surface area contributed by atoms with Crippen molar-refractivity contribution in [3.8, 4) is 5.75 Å². The highest BCUT2D eigenvalue weighted by Gasteiger charge is 2.47. The molecule has 0 radical (unpaired) electrons. The zero-order chi connectivity index (χ0) is 25.2. The Morgan fingerprint density at radius 3 is 2.31 bits per heavy atom. The molecule has 2 heterocycles. The van der Waals surface area contributed by atoms with Crippen LogP contribution in [0.3, 0.4) is 0 Å². The number of carbonyl (C=O) groups is 2. The van der Waals surface area contributed by atoms with Gasteiger partial charge in [-0.25, -0.2) is 18.1 Å². The third-order valence-corrected chi connectivity index (χ3v) is 6.72. The Morgan fingerprint density at radius 1 is 0.971 bits per heavy atom. The van der Waals surface area contributed by atoms with Gasteiger partial charge in [0, 0.05) is 11.8 Å². The lowest BCUT2D eigenvalue weighted by atomic mass is 10.2. The summed E-state index contributed by atoms with van der Waals surface area (Å²) in [7, 11) is -5.54. The molecule has 0 atom stereocenters. The number of anilines is 1. The van der Waals surface area contributed by atoms with E-state index in [1.807, 2.05) is 30.3 Å². The molecule has 1 saturated heterocycles. The fourth-order valence-electron chi connectivity index (χ4n) is 3.45. The van der Waals surface area contributed by atoms with Crippen molar-refractivity contribution in [2.45, 2.75) is 23.6 Å². The van der Waals surface area contributed by atoms with Crippen LogP contribution in [0, 0.1) is 0 Å². The van der Waals surface area contributed by atoms with Gasteiger partial charge < -0.3 is 9.64 Å². The molecule has 3 aromatic rings. The predicted octanol–water partition coefficient (Wildman–Crippen LogP) is 3.92. The van der Waals surface area contributed by atoms with Crippen molar-refractivity contribution in [2.24, 2.45) is 0 Å². The third-order valence-electron chi connectivity index (χ3n) is 5.22. The first kappa shape index (κ1) is 24.2. The van der Waals surface area contributed by atoms with Crippen LogP contribution in [0.25, 0.3) is 0 Å². The van der Waals surface area contributed by atoms with Crippen LogP contribution in [0.15, 0.2) is 78.0 Å². The first-order valence-corrected chi connectivity index (χ1v) is 11.7. The fraction of sp³-hybridized carbons (Fsp3) is 0.174. The topological polar surface area (TPSA) is 96.9 Å². The highest BCUT2D eigenvalue weighted by molar-refractivity contribution is 7.92. The highest BCUT2D eigenvalue weighted by atomic mass is 32.2. The lowest BCUT2D eigenvalue weighted by Crippen LogP contribution is -2.33. The van der Waals surface area contributed by atoms with E-state index in [1.54, 1.807) is 6.07 Å². The van der Waals surface area contributed by atoms with Crippen molar-refractivity contribution in [2.75, 3.05) is 11.4 Å². The zero-order valence-electron chi connectivity index (χ0n) is 18.0. The van der Waals surface area contributed by atoms with Crippen LogP contribution in [-0.4, -0.2) is 42.3 Å². The molecule has 4 rings (SSSR count). The number of alkyl halides is 3. The maximum atomic E-state index is 12.9. The number of amides is 3. The van der Waals surface area contributed by atoms with Gasteiger partial charge in [-0.15, -0.1) is 0 Å². The van der Waals surface area contributed by atoms with E-state index in [0.717, 1.165) is 22.6 Å². The van der Waals surface area contributed by atoms with Gasteiger partial charge in [-0.2, -0.15) is 13.2 Å². The second-order valence-electron chi connectivity index (χ2n) is 7.57. The second-order valence-corrected chi connectivity index (χ2v) is 9.51. The number of hydrogen-bond donors (Lipinski definition) is 0. The van der Waals surface area contributed by atoms with E-state index in [9.17, 15) is 31.2 Å². The van der Waals surface area contributed by atoms with Crippen LogP contribution in [0.2, 0.25) is 0 Å². The highest BCUT2D eigenvalue weighted by Crippen LogP contribution is 2.32. The Hall–Kier alpha value is -3.93. The SMILES string of the molecule is O=C1CN(Cc2ccncc2OCc2ccccc2)C(=O)N1c1ccc(S(=O)(=O)C(F)(F)F)cc1. The van der Waals surface area contributed by atoms with Gasteiger partial charge >= 0.3 is 11.5 Å². The minimum Gasteiger partial charge on any atom is -0.487 e. The van der Waals surface area contributed by atoms with Crippen LogP contribution >= 0.6 is 0 Å². The van der Waals surface area contributed by atoms with E-state index in [-0.39, 0.29) is 25.4 Å². The van der Waals surface area contributed by atoms with Gasteiger partial charge in [0.2, 0.25) is 0 Å². The molecular formula is C23H18F3N3O5S. The minimum absolute atomic E-state index is 0.0221. The zero-order valence-corrected chi connectivity index (χ0v) is 18.8. The van der Waals surface area contributed by atoms with Crippen LogP contribution in [0.5, 0.6) is 5.75 Å². The van der Waals surface area contributed by atoms with Crippen LogP contribution < -0.4 is 9.64 Å².